The highest BCUT2D eigenvalue weighted by atomic mass is 16.1. The molecule has 4 N–H and O–H groups in total. The summed E-state index contributed by atoms with van der Waals surface area (Å²) in [5, 5.41) is 6.70. The number of primary amides is 1. The normalized spacial score (nSPS) is 16.7. The third-order valence-electron chi connectivity index (χ3n) is 4.69. The topological polar surface area (TPSA) is 79.5 Å². The fourth-order valence-electron chi connectivity index (χ4n) is 2.84. The first-order valence-electron chi connectivity index (χ1n) is 7.92. The van der Waals surface area contributed by atoms with Gasteiger partial charge in [-0.15, -0.1) is 0 Å². The lowest BCUT2D eigenvalue weighted by atomic mass is 9.67. The number of hydrogen-bond donors (Lipinski definition) is 3. The number of rotatable bonds is 6. The van der Waals surface area contributed by atoms with E-state index in [-0.39, 0.29) is 0 Å². The van der Waals surface area contributed by atoms with E-state index in [2.05, 4.69) is 22.5 Å². The molecule has 1 aromatic rings. The molecule has 1 fully saturated rings. The number of amides is 1. The minimum Gasteiger partial charge on any atom is -0.366 e. The summed E-state index contributed by atoms with van der Waals surface area (Å²) in [5.41, 5.74) is 7.29. The second-order valence-electron chi connectivity index (χ2n) is 6.05. The van der Waals surface area contributed by atoms with Crippen molar-refractivity contribution in [2.75, 3.05) is 13.6 Å². The minimum atomic E-state index is -0.403. The van der Waals surface area contributed by atoms with Crippen LogP contribution >= 0.6 is 0 Å². The predicted octanol–water partition coefficient (Wildman–Crippen LogP) is 2.03. The van der Waals surface area contributed by atoms with E-state index >= 15 is 0 Å². The second kappa shape index (κ2) is 7.29. The zero-order valence-corrected chi connectivity index (χ0v) is 13.5. The maximum Gasteiger partial charge on any atom is 0.248 e. The van der Waals surface area contributed by atoms with Crippen molar-refractivity contribution in [1.82, 2.24) is 10.6 Å². The van der Waals surface area contributed by atoms with E-state index in [0.717, 1.165) is 18.1 Å². The quantitative estimate of drug-likeness (QED) is 0.555. The number of nitrogens with two attached hydrogens (primary N) is 1. The monoisotopic (exact) mass is 302 g/mol. The zero-order valence-electron chi connectivity index (χ0n) is 13.5. The van der Waals surface area contributed by atoms with Gasteiger partial charge in [0.25, 0.3) is 0 Å². The molecule has 0 radical (unpaired) electrons. The predicted molar refractivity (Wildman–Crippen MR) is 89.7 cm³/mol. The van der Waals surface area contributed by atoms with Crippen LogP contribution in [0.25, 0.3) is 0 Å². The highest BCUT2D eigenvalue weighted by Crippen LogP contribution is 2.42. The Labute approximate surface area is 132 Å². The molecule has 120 valence electrons. The molecule has 1 aliphatic rings. The van der Waals surface area contributed by atoms with E-state index in [1.54, 1.807) is 13.1 Å². The fraction of sp³-hybridized carbons (Fsp3) is 0.529. The number of benzene rings is 1. The van der Waals surface area contributed by atoms with E-state index in [4.69, 9.17) is 5.73 Å². The van der Waals surface area contributed by atoms with Crippen LogP contribution in [0.3, 0.4) is 0 Å². The summed E-state index contributed by atoms with van der Waals surface area (Å²) in [5.74, 6) is 0.392. The lowest BCUT2D eigenvalue weighted by Crippen LogP contribution is -2.46. The largest absolute Gasteiger partial charge is 0.366 e. The van der Waals surface area contributed by atoms with Crippen LogP contribution in [0.2, 0.25) is 0 Å². The Morgan fingerprint density at radius 2 is 2.14 bits per heavy atom. The van der Waals surface area contributed by atoms with Crippen molar-refractivity contribution >= 4 is 11.9 Å². The summed E-state index contributed by atoms with van der Waals surface area (Å²) in [4.78, 5) is 15.5. The first-order chi connectivity index (χ1) is 10.6. The number of carbonyl (C=O) groups excluding carboxylic acids is 1. The van der Waals surface area contributed by atoms with Crippen molar-refractivity contribution in [2.45, 2.75) is 39.2 Å². The number of nitrogens with one attached hydrogen (secondary N) is 2. The molecular weight excluding hydrogens is 276 g/mol. The average molecular weight is 302 g/mol. The van der Waals surface area contributed by atoms with Gasteiger partial charge >= 0.3 is 0 Å². The molecule has 5 nitrogen and oxygen atoms in total. The Morgan fingerprint density at radius 1 is 1.36 bits per heavy atom. The van der Waals surface area contributed by atoms with Crippen LogP contribution in [0, 0.1) is 5.41 Å². The van der Waals surface area contributed by atoms with Gasteiger partial charge in [0.15, 0.2) is 5.96 Å². The van der Waals surface area contributed by atoms with Crippen molar-refractivity contribution in [3.05, 3.63) is 35.4 Å². The van der Waals surface area contributed by atoms with Gasteiger partial charge in [0.2, 0.25) is 5.91 Å². The lowest BCUT2D eigenvalue weighted by molar-refractivity contribution is 0.1000. The summed E-state index contributed by atoms with van der Waals surface area (Å²) in [6.45, 7) is 3.83. The van der Waals surface area contributed by atoms with Gasteiger partial charge < -0.3 is 16.4 Å². The molecule has 22 heavy (non-hydrogen) atoms. The molecule has 0 saturated heterocycles. The van der Waals surface area contributed by atoms with Crippen molar-refractivity contribution in [2.24, 2.45) is 16.1 Å². The van der Waals surface area contributed by atoms with Gasteiger partial charge in [0, 0.05) is 25.7 Å². The first-order valence-corrected chi connectivity index (χ1v) is 7.92. The SMILES string of the molecule is CCC1(CNC(=NC)NCc2cccc(C(N)=O)c2)CCC1. The van der Waals surface area contributed by atoms with E-state index in [1.807, 2.05) is 18.2 Å². The van der Waals surface area contributed by atoms with Crippen LogP contribution in [0.15, 0.2) is 29.3 Å². The third-order valence-corrected chi connectivity index (χ3v) is 4.69. The number of nitrogens with zero attached hydrogens (tertiary/aromatic N) is 1. The van der Waals surface area contributed by atoms with Gasteiger partial charge in [-0.3, -0.25) is 9.79 Å². The third kappa shape index (κ3) is 4.00. The standard InChI is InChI=1S/C17H26N4O/c1-3-17(8-5-9-17)12-21-16(19-2)20-11-13-6-4-7-14(10-13)15(18)22/h4,6-7,10H,3,5,8-9,11-12H2,1-2H3,(H2,18,22)(H2,19,20,21). The molecule has 0 atom stereocenters. The van der Waals surface area contributed by atoms with E-state index in [9.17, 15) is 4.79 Å². The van der Waals surface area contributed by atoms with Gasteiger partial charge in [0.1, 0.15) is 0 Å². The van der Waals surface area contributed by atoms with E-state index in [1.165, 1.54) is 25.7 Å². The van der Waals surface area contributed by atoms with Crippen LogP contribution < -0.4 is 16.4 Å². The molecule has 0 unspecified atom stereocenters. The Balaban J connectivity index is 1.86. The van der Waals surface area contributed by atoms with Gasteiger partial charge in [0.05, 0.1) is 0 Å². The Bertz CT molecular complexity index is 544. The van der Waals surface area contributed by atoms with Crippen LogP contribution in [0.4, 0.5) is 0 Å². The van der Waals surface area contributed by atoms with E-state index in [0.29, 0.717) is 17.5 Å². The van der Waals surface area contributed by atoms with Crippen LogP contribution in [0.1, 0.15) is 48.5 Å². The number of guanidine groups is 1. The highest BCUT2D eigenvalue weighted by molar-refractivity contribution is 5.92. The highest BCUT2D eigenvalue weighted by Gasteiger charge is 2.34. The molecule has 1 aromatic carbocycles. The van der Waals surface area contributed by atoms with Gasteiger partial charge in [-0.2, -0.15) is 0 Å². The van der Waals surface area contributed by atoms with Crippen LogP contribution in [0.5, 0.6) is 0 Å². The molecule has 1 amide bonds. The van der Waals surface area contributed by atoms with Crippen molar-refractivity contribution in [3.63, 3.8) is 0 Å². The zero-order chi connectivity index (χ0) is 16.0. The van der Waals surface area contributed by atoms with Gasteiger partial charge in [-0.05, 0) is 42.4 Å². The van der Waals surface area contributed by atoms with E-state index < -0.39 is 5.91 Å². The summed E-state index contributed by atoms with van der Waals surface area (Å²) >= 11 is 0. The number of aliphatic imine (C=N–C) groups is 1. The van der Waals surface area contributed by atoms with Crippen LogP contribution in [-0.2, 0) is 6.54 Å². The smallest absolute Gasteiger partial charge is 0.248 e. The van der Waals surface area contributed by atoms with Crippen molar-refractivity contribution in [3.8, 4) is 0 Å². The summed E-state index contributed by atoms with van der Waals surface area (Å²) in [6.07, 6.45) is 5.14. The van der Waals surface area contributed by atoms with Crippen molar-refractivity contribution < 1.29 is 4.79 Å². The summed E-state index contributed by atoms with van der Waals surface area (Å²) in [7, 11) is 1.77. The minimum absolute atomic E-state index is 0.403. The Kier molecular flexibility index (Phi) is 5.41. The molecule has 1 saturated carbocycles. The maximum absolute atomic E-state index is 11.2. The molecule has 1 aliphatic carbocycles. The van der Waals surface area contributed by atoms with Gasteiger partial charge in [-0.1, -0.05) is 25.5 Å². The number of carbonyl (C=O) groups is 1. The van der Waals surface area contributed by atoms with Crippen LogP contribution in [-0.4, -0.2) is 25.5 Å². The number of hydrogen-bond acceptors (Lipinski definition) is 2. The Morgan fingerprint density at radius 3 is 2.68 bits per heavy atom. The molecule has 2 rings (SSSR count). The maximum atomic E-state index is 11.2. The molecule has 5 heteroatoms. The molecule has 0 aromatic heterocycles. The molecule has 0 bridgehead atoms. The Hall–Kier alpha value is -2.04. The van der Waals surface area contributed by atoms with Crippen molar-refractivity contribution in [1.29, 1.82) is 0 Å². The average Bonchev–Trinajstić information content (AvgIpc) is 2.49. The summed E-state index contributed by atoms with van der Waals surface area (Å²) in [6, 6.07) is 7.34. The fourth-order valence-corrected chi connectivity index (χ4v) is 2.84. The molecule has 0 aliphatic heterocycles. The molecule has 0 spiro atoms. The first kappa shape index (κ1) is 16.3. The molecule has 0 heterocycles. The molecular formula is C17H26N4O. The second-order valence-corrected chi connectivity index (χ2v) is 6.05. The van der Waals surface area contributed by atoms with Gasteiger partial charge in [-0.25, -0.2) is 0 Å². The lowest BCUT2D eigenvalue weighted by Gasteiger charge is -2.41. The summed E-state index contributed by atoms with van der Waals surface area (Å²) < 4.78 is 0.